The van der Waals surface area contributed by atoms with E-state index in [1.54, 1.807) is 11.3 Å². The number of aromatic nitrogens is 2. The molecule has 4 nitrogen and oxygen atoms in total. The van der Waals surface area contributed by atoms with Crippen LogP contribution in [0.1, 0.15) is 40.3 Å². The molecule has 0 aliphatic carbocycles. The molecule has 3 aromatic rings. The molecule has 0 atom stereocenters. The SMILES string of the molecule is CC.CC(C)(C)c1cc(-c2nc(-c3ccc(NCCO)cc3Cl)cs2)ccn1. The third-order valence-corrected chi connectivity index (χ3v) is 5.17. The molecule has 0 amide bonds. The summed E-state index contributed by atoms with van der Waals surface area (Å²) in [6.07, 6.45) is 1.84. The van der Waals surface area contributed by atoms with Crippen LogP contribution in [0.2, 0.25) is 5.02 Å². The molecule has 150 valence electrons. The van der Waals surface area contributed by atoms with E-state index in [-0.39, 0.29) is 12.0 Å². The summed E-state index contributed by atoms with van der Waals surface area (Å²) in [6, 6.07) is 9.84. The van der Waals surface area contributed by atoms with E-state index in [9.17, 15) is 0 Å². The van der Waals surface area contributed by atoms with Crippen LogP contribution in [0, 0.1) is 0 Å². The van der Waals surface area contributed by atoms with E-state index < -0.39 is 0 Å². The van der Waals surface area contributed by atoms with Crippen molar-refractivity contribution < 1.29 is 5.11 Å². The molecule has 2 aromatic heterocycles. The van der Waals surface area contributed by atoms with E-state index in [1.165, 1.54) is 0 Å². The van der Waals surface area contributed by atoms with E-state index >= 15 is 0 Å². The normalized spacial score (nSPS) is 11.0. The van der Waals surface area contributed by atoms with Crippen molar-refractivity contribution in [1.82, 2.24) is 9.97 Å². The summed E-state index contributed by atoms with van der Waals surface area (Å²) < 4.78 is 0. The predicted octanol–water partition coefficient (Wildman–Crippen LogP) is 6.25. The van der Waals surface area contributed by atoms with Crippen molar-refractivity contribution in [3.05, 3.63) is 52.6 Å². The molecule has 0 fully saturated rings. The predicted molar refractivity (Wildman–Crippen MR) is 121 cm³/mol. The van der Waals surface area contributed by atoms with Crippen LogP contribution in [0.15, 0.2) is 41.9 Å². The molecular formula is C22H28ClN3OS. The van der Waals surface area contributed by atoms with Gasteiger partial charge in [-0.15, -0.1) is 11.3 Å². The first-order chi connectivity index (χ1) is 13.4. The van der Waals surface area contributed by atoms with Gasteiger partial charge in [-0.05, 0) is 30.3 Å². The molecule has 3 rings (SSSR count). The smallest absolute Gasteiger partial charge is 0.124 e. The fourth-order valence-corrected chi connectivity index (χ4v) is 3.63. The highest BCUT2D eigenvalue weighted by Gasteiger charge is 2.17. The van der Waals surface area contributed by atoms with Crippen molar-refractivity contribution in [2.24, 2.45) is 0 Å². The Hall–Kier alpha value is -1.95. The third-order valence-electron chi connectivity index (χ3n) is 3.97. The Bertz CT molecular complexity index is 903. The van der Waals surface area contributed by atoms with Gasteiger partial charge in [0.1, 0.15) is 5.01 Å². The Kier molecular flexibility index (Phi) is 7.98. The summed E-state index contributed by atoms with van der Waals surface area (Å²) in [7, 11) is 0. The molecule has 0 unspecified atom stereocenters. The lowest BCUT2D eigenvalue weighted by Crippen LogP contribution is -2.13. The second-order valence-electron chi connectivity index (χ2n) is 7.06. The van der Waals surface area contributed by atoms with Crippen LogP contribution in [-0.2, 0) is 5.41 Å². The van der Waals surface area contributed by atoms with E-state index in [0.717, 1.165) is 33.2 Å². The number of nitrogens with one attached hydrogen (secondary N) is 1. The summed E-state index contributed by atoms with van der Waals surface area (Å²) in [4.78, 5) is 9.25. The van der Waals surface area contributed by atoms with E-state index in [1.807, 2.05) is 49.7 Å². The highest BCUT2D eigenvalue weighted by atomic mass is 35.5. The Balaban J connectivity index is 0.00000136. The first-order valence-corrected chi connectivity index (χ1v) is 10.7. The fourth-order valence-electron chi connectivity index (χ4n) is 2.54. The van der Waals surface area contributed by atoms with Gasteiger partial charge in [0, 0.05) is 46.0 Å². The molecule has 2 N–H and O–H groups in total. The fraction of sp³-hybridized carbons (Fsp3) is 0.364. The Morgan fingerprint density at radius 2 is 1.89 bits per heavy atom. The lowest BCUT2D eigenvalue weighted by molar-refractivity contribution is 0.311. The van der Waals surface area contributed by atoms with Crippen molar-refractivity contribution >= 4 is 28.6 Å². The number of nitrogens with zero attached hydrogens (tertiary/aromatic N) is 2. The molecular weight excluding hydrogens is 390 g/mol. The number of pyridine rings is 1. The van der Waals surface area contributed by atoms with Crippen LogP contribution < -0.4 is 5.32 Å². The molecule has 0 spiro atoms. The second-order valence-corrected chi connectivity index (χ2v) is 8.33. The highest BCUT2D eigenvalue weighted by Crippen LogP contribution is 2.34. The second kappa shape index (κ2) is 10.0. The van der Waals surface area contributed by atoms with Gasteiger partial charge in [-0.3, -0.25) is 4.98 Å². The number of halogens is 1. The lowest BCUT2D eigenvalue weighted by Gasteiger charge is -2.17. The van der Waals surface area contributed by atoms with E-state index in [2.05, 4.69) is 37.1 Å². The molecule has 0 bridgehead atoms. The quantitative estimate of drug-likeness (QED) is 0.514. The Morgan fingerprint density at radius 1 is 1.14 bits per heavy atom. The monoisotopic (exact) mass is 417 g/mol. The largest absolute Gasteiger partial charge is 0.395 e. The number of benzene rings is 1. The summed E-state index contributed by atoms with van der Waals surface area (Å²) in [5.74, 6) is 0. The van der Waals surface area contributed by atoms with Gasteiger partial charge in [0.05, 0.1) is 17.3 Å². The zero-order chi connectivity index (χ0) is 20.7. The maximum atomic E-state index is 8.90. The van der Waals surface area contributed by atoms with Crippen LogP contribution in [0.4, 0.5) is 5.69 Å². The standard InChI is InChI=1S/C20H22ClN3OS.C2H6/c1-20(2,3)18-10-13(6-7-23-18)19-24-17(12-26-19)15-5-4-14(11-16(15)21)22-8-9-25;1-2/h4-7,10-12,22,25H,8-9H2,1-3H3;1-2H3. The molecule has 0 aliphatic heterocycles. The summed E-state index contributed by atoms with van der Waals surface area (Å²) >= 11 is 8.03. The van der Waals surface area contributed by atoms with Crippen molar-refractivity contribution in [3.8, 4) is 21.8 Å². The molecule has 0 saturated heterocycles. The number of aliphatic hydroxyl groups is 1. The summed E-state index contributed by atoms with van der Waals surface area (Å²) in [5.41, 5.74) is 4.75. The van der Waals surface area contributed by atoms with Crippen LogP contribution in [-0.4, -0.2) is 28.2 Å². The first-order valence-electron chi connectivity index (χ1n) is 9.45. The van der Waals surface area contributed by atoms with Gasteiger partial charge in [0.2, 0.25) is 0 Å². The van der Waals surface area contributed by atoms with Crippen molar-refractivity contribution in [1.29, 1.82) is 0 Å². The highest BCUT2D eigenvalue weighted by molar-refractivity contribution is 7.13. The average Bonchev–Trinajstić information content (AvgIpc) is 3.17. The summed E-state index contributed by atoms with van der Waals surface area (Å²) in [6.45, 7) is 11.0. The molecule has 1 aromatic carbocycles. The minimum atomic E-state index is -0.00317. The number of anilines is 1. The number of rotatable bonds is 5. The maximum absolute atomic E-state index is 8.90. The van der Waals surface area contributed by atoms with Gasteiger partial charge in [-0.25, -0.2) is 4.98 Å². The summed E-state index contributed by atoms with van der Waals surface area (Å²) in [5, 5.41) is 15.6. The average molecular weight is 418 g/mol. The van der Waals surface area contributed by atoms with Crippen LogP contribution in [0.3, 0.4) is 0 Å². The van der Waals surface area contributed by atoms with Crippen molar-refractivity contribution in [3.63, 3.8) is 0 Å². The molecule has 6 heteroatoms. The minimum Gasteiger partial charge on any atom is -0.395 e. The number of hydrogen-bond acceptors (Lipinski definition) is 5. The van der Waals surface area contributed by atoms with Gasteiger partial charge < -0.3 is 10.4 Å². The van der Waals surface area contributed by atoms with Gasteiger partial charge in [-0.1, -0.05) is 46.2 Å². The van der Waals surface area contributed by atoms with Gasteiger partial charge in [0.15, 0.2) is 0 Å². The molecule has 28 heavy (non-hydrogen) atoms. The van der Waals surface area contributed by atoms with Gasteiger partial charge in [-0.2, -0.15) is 0 Å². The van der Waals surface area contributed by atoms with Crippen LogP contribution in [0.5, 0.6) is 0 Å². The number of thiazole rings is 1. The van der Waals surface area contributed by atoms with Crippen LogP contribution in [0.25, 0.3) is 21.8 Å². The maximum Gasteiger partial charge on any atom is 0.124 e. The molecule has 0 saturated carbocycles. The molecule has 0 radical (unpaired) electrons. The van der Waals surface area contributed by atoms with Crippen molar-refractivity contribution in [2.75, 3.05) is 18.5 Å². The Labute approximate surface area is 176 Å². The van der Waals surface area contributed by atoms with Gasteiger partial charge in [0.25, 0.3) is 0 Å². The van der Waals surface area contributed by atoms with Crippen LogP contribution >= 0.6 is 22.9 Å². The molecule has 0 aliphatic rings. The molecule has 2 heterocycles. The minimum absolute atomic E-state index is 0.00317. The zero-order valence-corrected chi connectivity index (χ0v) is 18.7. The number of hydrogen-bond donors (Lipinski definition) is 2. The van der Waals surface area contributed by atoms with Crippen molar-refractivity contribution in [2.45, 2.75) is 40.0 Å². The Morgan fingerprint density at radius 3 is 2.54 bits per heavy atom. The number of aliphatic hydroxyl groups excluding tert-OH is 1. The third kappa shape index (κ3) is 5.53. The van der Waals surface area contributed by atoms with E-state index in [0.29, 0.717) is 11.6 Å². The zero-order valence-electron chi connectivity index (χ0n) is 17.1. The van der Waals surface area contributed by atoms with E-state index in [4.69, 9.17) is 21.7 Å². The van der Waals surface area contributed by atoms with Gasteiger partial charge >= 0.3 is 0 Å². The first kappa shape index (κ1) is 22.3. The topological polar surface area (TPSA) is 58.0 Å². The lowest BCUT2D eigenvalue weighted by atomic mass is 9.91.